The van der Waals surface area contributed by atoms with Crippen LogP contribution in [0, 0.1) is 11.6 Å². The van der Waals surface area contributed by atoms with E-state index in [2.05, 4.69) is 20.8 Å². The van der Waals surface area contributed by atoms with E-state index in [4.69, 9.17) is 0 Å². The van der Waals surface area contributed by atoms with Gasteiger partial charge in [-0.15, -0.1) is 0 Å². The molecular formula is C23H16F5N5O2. The zero-order chi connectivity index (χ0) is 25.3. The number of hydrogen-bond acceptors (Lipinski definition) is 3. The van der Waals surface area contributed by atoms with Crippen molar-refractivity contribution in [2.24, 2.45) is 0 Å². The maximum Gasteiger partial charge on any atom is 0.416 e. The Bertz CT molecular complexity index is 1430. The molecule has 0 saturated carbocycles. The van der Waals surface area contributed by atoms with Crippen LogP contribution in [-0.4, -0.2) is 22.1 Å². The smallest absolute Gasteiger partial charge is 0.309 e. The molecule has 35 heavy (non-hydrogen) atoms. The number of aromatic amines is 1. The number of halogens is 5. The van der Waals surface area contributed by atoms with Crippen LogP contribution >= 0.6 is 0 Å². The molecule has 3 aromatic carbocycles. The number of nitrogens with one attached hydrogen (secondary N) is 4. The highest BCUT2D eigenvalue weighted by molar-refractivity contribution is 6.01. The van der Waals surface area contributed by atoms with Crippen molar-refractivity contribution in [2.75, 3.05) is 16.0 Å². The summed E-state index contributed by atoms with van der Waals surface area (Å²) >= 11 is 0. The molecular weight excluding hydrogens is 473 g/mol. The summed E-state index contributed by atoms with van der Waals surface area (Å²) in [5.41, 5.74) is -0.750. The van der Waals surface area contributed by atoms with Crippen LogP contribution in [0.3, 0.4) is 0 Å². The van der Waals surface area contributed by atoms with Gasteiger partial charge in [-0.1, -0.05) is 18.2 Å². The van der Waals surface area contributed by atoms with Crippen molar-refractivity contribution in [3.63, 3.8) is 0 Å². The molecule has 0 aliphatic heterocycles. The number of H-pyrrole nitrogens is 1. The average molecular weight is 489 g/mol. The van der Waals surface area contributed by atoms with E-state index in [1.54, 1.807) is 6.07 Å². The van der Waals surface area contributed by atoms with E-state index < -0.39 is 35.1 Å². The van der Waals surface area contributed by atoms with Gasteiger partial charge in [0.2, 0.25) is 5.91 Å². The summed E-state index contributed by atoms with van der Waals surface area (Å²) in [4.78, 5) is 23.4. The second kappa shape index (κ2) is 9.05. The van der Waals surface area contributed by atoms with Crippen molar-refractivity contribution in [2.45, 2.75) is 13.1 Å². The molecule has 0 fully saturated rings. The number of benzene rings is 3. The largest absolute Gasteiger partial charge is 0.416 e. The van der Waals surface area contributed by atoms with E-state index >= 15 is 4.39 Å². The van der Waals surface area contributed by atoms with Crippen LogP contribution in [0.5, 0.6) is 0 Å². The molecule has 0 bridgehead atoms. The third kappa shape index (κ3) is 5.05. The number of urea groups is 1. The van der Waals surface area contributed by atoms with Crippen LogP contribution in [0.15, 0.2) is 54.6 Å². The number of aromatic nitrogens is 2. The molecule has 7 nitrogen and oxygen atoms in total. The molecule has 0 unspecified atom stereocenters. The number of carbonyl (C=O) groups excluding carboxylic acids is 2. The standard InChI is InChI=1S/C23H16F5N5O2/c1-11(34)29-21-16-8-7-15(19(25)20(16)32-33-21)12-2-5-14(6-3-12)30-22(35)31-18-10-13(23(26,27)28)4-9-17(18)24/h2-10H,1H3,(H2,30,31,35)(H2,29,32,33,34). The van der Waals surface area contributed by atoms with Crippen LogP contribution in [0.25, 0.3) is 22.0 Å². The molecule has 1 aromatic heterocycles. The van der Waals surface area contributed by atoms with E-state index in [1.807, 2.05) is 5.32 Å². The molecule has 3 amide bonds. The van der Waals surface area contributed by atoms with Gasteiger partial charge >= 0.3 is 12.2 Å². The Morgan fingerprint density at radius 1 is 0.914 bits per heavy atom. The minimum atomic E-state index is -4.70. The van der Waals surface area contributed by atoms with Gasteiger partial charge in [0, 0.05) is 23.6 Å². The Kier molecular flexibility index (Phi) is 6.12. The molecule has 0 atom stereocenters. The lowest BCUT2D eigenvalue weighted by Crippen LogP contribution is -2.20. The van der Waals surface area contributed by atoms with Gasteiger partial charge in [-0.25, -0.2) is 13.6 Å². The summed E-state index contributed by atoms with van der Waals surface area (Å²) < 4.78 is 67.4. The monoisotopic (exact) mass is 489 g/mol. The van der Waals surface area contributed by atoms with Gasteiger partial charge in [0.05, 0.1) is 11.3 Å². The first-order chi connectivity index (χ1) is 16.5. The van der Waals surface area contributed by atoms with Gasteiger partial charge < -0.3 is 16.0 Å². The van der Waals surface area contributed by atoms with Gasteiger partial charge in [-0.05, 0) is 42.0 Å². The number of fused-ring (bicyclic) bond motifs is 1. The fraction of sp³-hybridized carbons (Fsp3) is 0.0870. The average Bonchev–Trinajstić information content (AvgIpc) is 3.18. The number of amides is 3. The number of alkyl halides is 3. The number of nitrogens with zero attached hydrogens (tertiary/aromatic N) is 1. The third-order valence-corrected chi connectivity index (χ3v) is 4.97. The van der Waals surface area contributed by atoms with Gasteiger partial charge in [-0.2, -0.15) is 18.3 Å². The zero-order valence-electron chi connectivity index (χ0n) is 17.8. The second-order valence-corrected chi connectivity index (χ2v) is 7.45. The zero-order valence-corrected chi connectivity index (χ0v) is 17.8. The van der Waals surface area contributed by atoms with Crippen molar-refractivity contribution in [1.82, 2.24) is 10.2 Å². The molecule has 4 rings (SSSR count). The molecule has 4 N–H and O–H groups in total. The van der Waals surface area contributed by atoms with Crippen molar-refractivity contribution in [1.29, 1.82) is 0 Å². The fourth-order valence-corrected chi connectivity index (χ4v) is 3.35. The van der Waals surface area contributed by atoms with Crippen LogP contribution < -0.4 is 16.0 Å². The first kappa shape index (κ1) is 23.7. The van der Waals surface area contributed by atoms with Gasteiger partial charge in [-0.3, -0.25) is 9.89 Å². The summed E-state index contributed by atoms with van der Waals surface area (Å²) in [6, 6.07) is 9.69. The quantitative estimate of drug-likeness (QED) is 0.260. The first-order valence-corrected chi connectivity index (χ1v) is 10.0. The molecule has 180 valence electrons. The van der Waals surface area contributed by atoms with Crippen LogP contribution in [-0.2, 0) is 11.0 Å². The summed E-state index contributed by atoms with van der Waals surface area (Å²) in [6.07, 6.45) is -4.70. The number of hydrogen-bond donors (Lipinski definition) is 4. The highest BCUT2D eigenvalue weighted by atomic mass is 19.4. The topological polar surface area (TPSA) is 98.9 Å². The lowest BCUT2D eigenvalue weighted by molar-refractivity contribution is -0.137. The first-order valence-electron chi connectivity index (χ1n) is 10.0. The fourth-order valence-electron chi connectivity index (χ4n) is 3.35. The molecule has 4 aromatic rings. The summed E-state index contributed by atoms with van der Waals surface area (Å²) in [7, 11) is 0. The Morgan fingerprint density at radius 2 is 1.63 bits per heavy atom. The summed E-state index contributed by atoms with van der Waals surface area (Å²) in [6.45, 7) is 1.30. The van der Waals surface area contributed by atoms with E-state index in [0.29, 0.717) is 29.1 Å². The van der Waals surface area contributed by atoms with Crippen molar-refractivity contribution < 1.29 is 31.5 Å². The Balaban J connectivity index is 1.50. The van der Waals surface area contributed by atoms with Crippen molar-refractivity contribution in [3.8, 4) is 11.1 Å². The predicted octanol–water partition coefficient (Wildman–Crippen LogP) is 6.13. The summed E-state index contributed by atoms with van der Waals surface area (Å²) in [5, 5.41) is 13.7. The second-order valence-electron chi connectivity index (χ2n) is 7.45. The maximum atomic E-state index is 15.0. The minimum Gasteiger partial charge on any atom is -0.309 e. The van der Waals surface area contributed by atoms with Crippen LogP contribution in [0.4, 0.5) is 43.9 Å². The normalized spacial score (nSPS) is 11.4. The number of carbonyl (C=O) groups is 2. The van der Waals surface area contributed by atoms with Crippen LogP contribution in [0.2, 0.25) is 0 Å². The van der Waals surface area contributed by atoms with E-state index in [-0.39, 0.29) is 28.5 Å². The highest BCUT2D eigenvalue weighted by Gasteiger charge is 2.31. The summed E-state index contributed by atoms with van der Waals surface area (Å²) in [5.74, 6) is -1.80. The molecule has 12 heteroatoms. The molecule has 1 heterocycles. The molecule has 0 radical (unpaired) electrons. The third-order valence-electron chi connectivity index (χ3n) is 4.97. The Hall–Kier alpha value is -4.48. The minimum absolute atomic E-state index is 0.0935. The molecule has 0 saturated heterocycles. The molecule has 0 aliphatic rings. The Morgan fingerprint density at radius 3 is 2.29 bits per heavy atom. The van der Waals surface area contributed by atoms with E-state index in [9.17, 15) is 27.2 Å². The maximum absolute atomic E-state index is 15.0. The van der Waals surface area contributed by atoms with E-state index in [1.165, 1.54) is 37.3 Å². The lowest BCUT2D eigenvalue weighted by Gasteiger charge is -2.12. The van der Waals surface area contributed by atoms with E-state index in [0.717, 1.165) is 0 Å². The van der Waals surface area contributed by atoms with Crippen molar-refractivity contribution in [3.05, 3.63) is 71.8 Å². The van der Waals surface area contributed by atoms with Gasteiger partial charge in [0.15, 0.2) is 11.6 Å². The molecule has 0 aliphatic carbocycles. The number of rotatable bonds is 4. The Labute approximate surface area is 194 Å². The van der Waals surface area contributed by atoms with Gasteiger partial charge in [0.25, 0.3) is 0 Å². The van der Waals surface area contributed by atoms with Crippen molar-refractivity contribution >= 4 is 40.0 Å². The molecule has 0 spiro atoms. The highest BCUT2D eigenvalue weighted by Crippen LogP contribution is 2.33. The van der Waals surface area contributed by atoms with Gasteiger partial charge in [0.1, 0.15) is 11.3 Å². The SMILES string of the molecule is CC(=O)Nc1n[nH]c2c(F)c(-c3ccc(NC(=O)Nc4cc(C(F)(F)F)ccc4F)cc3)ccc12. The lowest BCUT2D eigenvalue weighted by atomic mass is 10.0. The van der Waals surface area contributed by atoms with Crippen LogP contribution in [0.1, 0.15) is 12.5 Å². The number of anilines is 3. The predicted molar refractivity (Wildman–Crippen MR) is 120 cm³/mol.